The Balaban J connectivity index is 2.03. The molecule has 0 spiro atoms. The van der Waals surface area contributed by atoms with Gasteiger partial charge in [-0.1, -0.05) is 24.3 Å². The Morgan fingerprint density at radius 2 is 1.86 bits per heavy atom. The van der Waals surface area contributed by atoms with Gasteiger partial charge >= 0.3 is 0 Å². The molecule has 1 unspecified atom stereocenters. The summed E-state index contributed by atoms with van der Waals surface area (Å²) < 4.78 is 26.1. The zero-order chi connectivity index (χ0) is 15.4. The Labute approximate surface area is 127 Å². The Kier molecular flexibility index (Phi) is 5.12. The number of aryl methyl sites for hydroxylation is 1. The van der Waals surface area contributed by atoms with Crippen LogP contribution in [0.3, 0.4) is 0 Å². The molecule has 0 radical (unpaired) electrons. The normalized spacial score (nSPS) is 12.2. The van der Waals surface area contributed by atoms with Gasteiger partial charge in [0.15, 0.2) is 17.4 Å². The maximum Gasteiger partial charge on any atom is 0.175 e. The minimum Gasteiger partial charge on any atom is -0.293 e. The van der Waals surface area contributed by atoms with Gasteiger partial charge in [0.1, 0.15) is 0 Å². The molecule has 0 bridgehead atoms. The van der Waals surface area contributed by atoms with Crippen LogP contribution in [-0.4, -0.2) is 11.0 Å². The molecule has 1 nitrogen and oxygen atoms in total. The maximum absolute atomic E-state index is 13.2. The number of carbonyl (C=O) groups is 1. The van der Waals surface area contributed by atoms with Crippen LogP contribution in [0, 0.1) is 18.6 Å². The lowest BCUT2D eigenvalue weighted by atomic mass is 10.1. The van der Waals surface area contributed by atoms with Crippen LogP contribution in [0.1, 0.15) is 28.4 Å². The van der Waals surface area contributed by atoms with Gasteiger partial charge in [-0.05, 0) is 43.2 Å². The summed E-state index contributed by atoms with van der Waals surface area (Å²) in [6.07, 6.45) is 0. The van der Waals surface area contributed by atoms with Crippen molar-refractivity contribution in [1.82, 2.24) is 0 Å². The molecule has 2 aromatic carbocycles. The first-order chi connectivity index (χ1) is 9.99. The number of rotatable bonds is 5. The van der Waals surface area contributed by atoms with E-state index in [0.29, 0.717) is 5.75 Å². The fourth-order valence-electron chi connectivity index (χ4n) is 1.95. The number of halogens is 2. The molecule has 0 saturated heterocycles. The molecular formula is C17H16F2OS. The van der Waals surface area contributed by atoms with Crippen LogP contribution in [0.15, 0.2) is 42.5 Å². The third-order valence-electron chi connectivity index (χ3n) is 3.32. The number of benzene rings is 2. The monoisotopic (exact) mass is 306 g/mol. The van der Waals surface area contributed by atoms with Crippen LogP contribution in [-0.2, 0) is 5.75 Å². The topological polar surface area (TPSA) is 17.1 Å². The van der Waals surface area contributed by atoms with Gasteiger partial charge in [0.05, 0.1) is 5.25 Å². The summed E-state index contributed by atoms with van der Waals surface area (Å²) in [5.74, 6) is -1.40. The van der Waals surface area contributed by atoms with Crippen molar-refractivity contribution in [2.75, 3.05) is 0 Å². The Hall–Kier alpha value is -1.68. The van der Waals surface area contributed by atoms with Crippen molar-refractivity contribution in [1.29, 1.82) is 0 Å². The van der Waals surface area contributed by atoms with Gasteiger partial charge < -0.3 is 0 Å². The summed E-state index contributed by atoms with van der Waals surface area (Å²) >= 11 is 1.49. The average Bonchev–Trinajstić information content (AvgIpc) is 2.48. The standard InChI is InChI=1S/C17H16F2OS/c1-11-5-3-4-6-14(11)10-21-12(2)17(20)13-7-8-15(18)16(19)9-13/h3-9,12H,10H2,1-2H3. The molecule has 0 aliphatic rings. The van der Waals surface area contributed by atoms with E-state index in [4.69, 9.17) is 0 Å². The number of hydrogen-bond acceptors (Lipinski definition) is 2. The fourth-order valence-corrected chi connectivity index (χ4v) is 2.99. The molecule has 0 amide bonds. The molecule has 110 valence electrons. The second kappa shape index (κ2) is 6.85. The fraction of sp³-hybridized carbons (Fsp3) is 0.235. The summed E-state index contributed by atoms with van der Waals surface area (Å²) in [5.41, 5.74) is 2.56. The van der Waals surface area contributed by atoms with Gasteiger partial charge in [0, 0.05) is 11.3 Å². The third kappa shape index (κ3) is 3.91. The van der Waals surface area contributed by atoms with E-state index >= 15 is 0 Å². The first-order valence-electron chi connectivity index (χ1n) is 6.64. The van der Waals surface area contributed by atoms with Crippen LogP contribution in [0.4, 0.5) is 8.78 Å². The van der Waals surface area contributed by atoms with Crippen molar-refractivity contribution < 1.29 is 13.6 Å². The van der Waals surface area contributed by atoms with E-state index in [1.807, 2.05) is 31.2 Å². The summed E-state index contributed by atoms with van der Waals surface area (Å²) in [7, 11) is 0. The summed E-state index contributed by atoms with van der Waals surface area (Å²) in [5, 5.41) is -0.311. The van der Waals surface area contributed by atoms with E-state index in [1.54, 1.807) is 6.92 Å². The largest absolute Gasteiger partial charge is 0.293 e. The first kappa shape index (κ1) is 15.7. The molecule has 2 aromatic rings. The quantitative estimate of drug-likeness (QED) is 0.740. The van der Waals surface area contributed by atoms with E-state index in [0.717, 1.165) is 12.1 Å². The van der Waals surface area contributed by atoms with E-state index < -0.39 is 11.6 Å². The Morgan fingerprint density at radius 1 is 1.14 bits per heavy atom. The van der Waals surface area contributed by atoms with Crippen LogP contribution >= 0.6 is 11.8 Å². The molecule has 0 aliphatic carbocycles. The number of ketones is 1. The zero-order valence-electron chi connectivity index (χ0n) is 11.9. The lowest BCUT2D eigenvalue weighted by Gasteiger charge is -2.12. The number of thioether (sulfide) groups is 1. The summed E-state index contributed by atoms with van der Waals surface area (Å²) in [6, 6.07) is 11.3. The zero-order valence-corrected chi connectivity index (χ0v) is 12.7. The molecular weight excluding hydrogens is 290 g/mol. The van der Waals surface area contributed by atoms with Gasteiger partial charge in [-0.3, -0.25) is 4.79 Å². The van der Waals surface area contributed by atoms with Gasteiger partial charge in [0.2, 0.25) is 0 Å². The van der Waals surface area contributed by atoms with Gasteiger partial charge in [-0.15, -0.1) is 11.8 Å². The van der Waals surface area contributed by atoms with E-state index in [-0.39, 0.29) is 16.6 Å². The molecule has 0 saturated carbocycles. The minimum atomic E-state index is -0.989. The Bertz CT molecular complexity index is 655. The maximum atomic E-state index is 13.2. The van der Waals surface area contributed by atoms with Crippen molar-refractivity contribution in [3.05, 3.63) is 70.8 Å². The van der Waals surface area contributed by atoms with Crippen molar-refractivity contribution in [3.63, 3.8) is 0 Å². The van der Waals surface area contributed by atoms with Crippen molar-refractivity contribution >= 4 is 17.5 Å². The predicted octanol–water partition coefficient (Wildman–Crippen LogP) is 4.78. The van der Waals surface area contributed by atoms with Crippen molar-refractivity contribution in [3.8, 4) is 0 Å². The molecule has 0 N–H and O–H groups in total. The van der Waals surface area contributed by atoms with Crippen LogP contribution in [0.25, 0.3) is 0 Å². The van der Waals surface area contributed by atoms with Crippen LogP contribution < -0.4 is 0 Å². The van der Waals surface area contributed by atoms with Crippen molar-refractivity contribution in [2.45, 2.75) is 24.9 Å². The molecule has 21 heavy (non-hydrogen) atoms. The number of hydrogen-bond donors (Lipinski definition) is 0. The molecule has 0 heterocycles. The summed E-state index contributed by atoms with van der Waals surface area (Å²) in [6.45, 7) is 3.81. The molecule has 1 atom stereocenters. The highest BCUT2D eigenvalue weighted by Gasteiger charge is 2.17. The second-order valence-corrected chi connectivity index (χ2v) is 6.20. The highest BCUT2D eigenvalue weighted by Crippen LogP contribution is 2.23. The number of carbonyl (C=O) groups excluding carboxylic acids is 1. The van der Waals surface area contributed by atoms with Gasteiger partial charge in [-0.25, -0.2) is 8.78 Å². The van der Waals surface area contributed by atoms with Crippen LogP contribution in [0.2, 0.25) is 0 Å². The first-order valence-corrected chi connectivity index (χ1v) is 7.69. The van der Waals surface area contributed by atoms with Gasteiger partial charge in [0.25, 0.3) is 0 Å². The molecule has 0 aromatic heterocycles. The highest BCUT2D eigenvalue weighted by molar-refractivity contribution is 7.99. The minimum absolute atomic E-state index is 0.188. The molecule has 4 heteroatoms. The SMILES string of the molecule is Cc1ccccc1CSC(C)C(=O)c1ccc(F)c(F)c1. The number of Topliss-reactive ketones (excluding diaryl/α,β-unsaturated/α-hetero) is 1. The molecule has 2 rings (SSSR count). The van der Waals surface area contributed by atoms with E-state index in [1.165, 1.54) is 29.0 Å². The lowest BCUT2D eigenvalue weighted by Crippen LogP contribution is -2.14. The van der Waals surface area contributed by atoms with Crippen LogP contribution in [0.5, 0.6) is 0 Å². The van der Waals surface area contributed by atoms with Crippen molar-refractivity contribution in [2.24, 2.45) is 0 Å². The third-order valence-corrected chi connectivity index (χ3v) is 4.52. The predicted molar refractivity (Wildman–Crippen MR) is 82.6 cm³/mol. The lowest BCUT2D eigenvalue weighted by molar-refractivity contribution is 0.0993. The Morgan fingerprint density at radius 3 is 2.52 bits per heavy atom. The average molecular weight is 306 g/mol. The van der Waals surface area contributed by atoms with Gasteiger partial charge in [-0.2, -0.15) is 0 Å². The molecule has 0 fully saturated rings. The summed E-state index contributed by atoms with van der Waals surface area (Å²) in [4.78, 5) is 12.2. The van der Waals surface area contributed by atoms with E-state index in [9.17, 15) is 13.6 Å². The highest BCUT2D eigenvalue weighted by atomic mass is 32.2. The van der Waals surface area contributed by atoms with E-state index in [2.05, 4.69) is 0 Å². The smallest absolute Gasteiger partial charge is 0.175 e. The second-order valence-electron chi connectivity index (χ2n) is 4.87. The molecule has 0 aliphatic heterocycles.